The third-order valence-electron chi connectivity index (χ3n) is 5.39. The standard InChI is InChI=1S/C22H27N3O5/c1-29-17-9-7-16(8-10-17)20-6-4-3-5-13-24(20)15-22(26)23-19-12-11-18(30-2)14-21(19)25(27)28/h7-12,14,20H,3-6,13,15H2,1-2H3,(H,23,26)/t20-/m0/s1. The van der Waals surface area contributed by atoms with Crippen LogP contribution >= 0.6 is 0 Å². The van der Waals surface area contributed by atoms with Crippen LogP contribution in [0.1, 0.15) is 37.3 Å². The first kappa shape index (κ1) is 21.6. The molecule has 30 heavy (non-hydrogen) atoms. The lowest BCUT2D eigenvalue weighted by Gasteiger charge is -2.29. The highest BCUT2D eigenvalue weighted by Gasteiger charge is 2.25. The number of methoxy groups -OCH3 is 2. The molecular formula is C22H27N3O5. The second kappa shape index (κ2) is 10.1. The van der Waals surface area contributed by atoms with Crippen molar-refractivity contribution in [1.82, 2.24) is 4.90 Å². The van der Waals surface area contributed by atoms with Gasteiger partial charge >= 0.3 is 0 Å². The molecule has 0 aromatic heterocycles. The van der Waals surface area contributed by atoms with Crippen LogP contribution in [-0.2, 0) is 4.79 Å². The third kappa shape index (κ3) is 5.27. The summed E-state index contributed by atoms with van der Waals surface area (Å²) in [6, 6.07) is 12.4. The number of ether oxygens (including phenoxy) is 2. The summed E-state index contributed by atoms with van der Waals surface area (Å²) in [6.07, 6.45) is 4.19. The summed E-state index contributed by atoms with van der Waals surface area (Å²) in [4.78, 5) is 25.8. The monoisotopic (exact) mass is 413 g/mol. The van der Waals surface area contributed by atoms with Crippen LogP contribution in [0.3, 0.4) is 0 Å². The van der Waals surface area contributed by atoms with Gasteiger partial charge in [-0.05, 0) is 49.2 Å². The van der Waals surface area contributed by atoms with Crippen molar-refractivity contribution in [3.8, 4) is 11.5 Å². The lowest BCUT2D eigenvalue weighted by molar-refractivity contribution is -0.384. The molecule has 0 spiro atoms. The van der Waals surface area contributed by atoms with Crippen LogP contribution < -0.4 is 14.8 Å². The van der Waals surface area contributed by atoms with E-state index in [4.69, 9.17) is 9.47 Å². The van der Waals surface area contributed by atoms with E-state index in [0.717, 1.165) is 43.5 Å². The Morgan fingerprint density at radius 1 is 1.10 bits per heavy atom. The number of benzene rings is 2. The molecule has 160 valence electrons. The van der Waals surface area contributed by atoms with E-state index >= 15 is 0 Å². The fourth-order valence-electron chi connectivity index (χ4n) is 3.83. The summed E-state index contributed by atoms with van der Waals surface area (Å²) in [6.45, 7) is 0.967. The van der Waals surface area contributed by atoms with Gasteiger partial charge in [0.15, 0.2) is 0 Å². The Kier molecular flexibility index (Phi) is 7.24. The Morgan fingerprint density at radius 2 is 1.80 bits per heavy atom. The maximum absolute atomic E-state index is 12.8. The highest BCUT2D eigenvalue weighted by molar-refractivity contribution is 5.94. The Hall–Kier alpha value is -3.13. The first-order chi connectivity index (χ1) is 14.5. The van der Waals surface area contributed by atoms with Gasteiger partial charge in [-0.25, -0.2) is 0 Å². The Morgan fingerprint density at radius 3 is 2.47 bits per heavy atom. The average Bonchev–Trinajstić information content (AvgIpc) is 2.99. The summed E-state index contributed by atoms with van der Waals surface area (Å²) in [5.74, 6) is 0.888. The molecule has 2 aromatic rings. The van der Waals surface area contributed by atoms with E-state index in [0.29, 0.717) is 5.75 Å². The number of nitrogens with one attached hydrogen (secondary N) is 1. The van der Waals surface area contributed by atoms with Crippen molar-refractivity contribution in [1.29, 1.82) is 0 Å². The number of hydrogen-bond donors (Lipinski definition) is 1. The van der Waals surface area contributed by atoms with Crippen molar-refractivity contribution in [3.63, 3.8) is 0 Å². The quantitative estimate of drug-likeness (QED) is 0.541. The number of anilines is 1. The van der Waals surface area contributed by atoms with Crippen molar-refractivity contribution in [2.24, 2.45) is 0 Å². The van der Waals surface area contributed by atoms with E-state index in [1.54, 1.807) is 13.2 Å². The van der Waals surface area contributed by atoms with E-state index in [9.17, 15) is 14.9 Å². The zero-order chi connectivity index (χ0) is 21.5. The molecule has 8 nitrogen and oxygen atoms in total. The van der Waals surface area contributed by atoms with Gasteiger partial charge in [0.05, 0.1) is 31.8 Å². The van der Waals surface area contributed by atoms with Gasteiger partial charge in [0, 0.05) is 6.04 Å². The first-order valence-electron chi connectivity index (χ1n) is 10.0. The summed E-state index contributed by atoms with van der Waals surface area (Å²) in [5.41, 5.74) is 1.12. The number of hydrogen-bond acceptors (Lipinski definition) is 6. The molecule has 1 heterocycles. The molecule has 2 aromatic carbocycles. The molecule has 0 bridgehead atoms. The molecule has 1 amide bonds. The molecule has 1 fully saturated rings. The van der Waals surface area contributed by atoms with Gasteiger partial charge in [0.1, 0.15) is 17.2 Å². The van der Waals surface area contributed by atoms with Gasteiger partial charge in [0.2, 0.25) is 5.91 Å². The minimum absolute atomic E-state index is 0.120. The number of nitro groups is 1. The number of nitrogens with zero attached hydrogens (tertiary/aromatic N) is 2. The highest BCUT2D eigenvalue weighted by atomic mass is 16.6. The maximum Gasteiger partial charge on any atom is 0.296 e. The minimum atomic E-state index is -0.524. The fourth-order valence-corrected chi connectivity index (χ4v) is 3.83. The van der Waals surface area contributed by atoms with Crippen LogP contribution in [0.15, 0.2) is 42.5 Å². The Bertz CT molecular complexity index is 885. The molecular weight excluding hydrogens is 386 g/mol. The molecule has 1 atom stereocenters. The largest absolute Gasteiger partial charge is 0.497 e. The zero-order valence-electron chi connectivity index (χ0n) is 17.3. The van der Waals surface area contributed by atoms with E-state index in [2.05, 4.69) is 10.2 Å². The topological polar surface area (TPSA) is 93.9 Å². The second-order valence-corrected chi connectivity index (χ2v) is 7.30. The number of carbonyl (C=O) groups excluding carboxylic acids is 1. The van der Waals surface area contributed by atoms with Crippen molar-refractivity contribution in [2.75, 3.05) is 32.6 Å². The number of rotatable bonds is 7. The summed E-state index contributed by atoms with van der Waals surface area (Å²) in [5, 5.41) is 14.1. The molecule has 1 N–H and O–H groups in total. The average molecular weight is 413 g/mol. The molecule has 1 aliphatic rings. The molecule has 1 aliphatic heterocycles. The summed E-state index contributed by atoms with van der Waals surface area (Å²) in [7, 11) is 3.08. The smallest absolute Gasteiger partial charge is 0.296 e. The highest BCUT2D eigenvalue weighted by Crippen LogP contribution is 2.32. The lowest BCUT2D eigenvalue weighted by atomic mass is 10.0. The first-order valence-corrected chi connectivity index (χ1v) is 10.0. The maximum atomic E-state index is 12.8. The minimum Gasteiger partial charge on any atom is -0.497 e. The van der Waals surface area contributed by atoms with Crippen LogP contribution in [0.4, 0.5) is 11.4 Å². The van der Waals surface area contributed by atoms with E-state index in [1.807, 2.05) is 24.3 Å². The third-order valence-corrected chi connectivity index (χ3v) is 5.39. The van der Waals surface area contributed by atoms with E-state index in [-0.39, 0.29) is 29.9 Å². The van der Waals surface area contributed by atoms with Crippen LogP contribution in [0, 0.1) is 10.1 Å². The number of likely N-dealkylation sites (tertiary alicyclic amines) is 1. The van der Waals surface area contributed by atoms with Gasteiger partial charge in [0.25, 0.3) is 5.69 Å². The molecule has 0 unspecified atom stereocenters. The normalized spacial score (nSPS) is 17.1. The van der Waals surface area contributed by atoms with Crippen molar-refractivity contribution in [3.05, 3.63) is 58.1 Å². The second-order valence-electron chi connectivity index (χ2n) is 7.30. The van der Waals surface area contributed by atoms with Crippen molar-refractivity contribution in [2.45, 2.75) is 31.7 Å². The molecule has 3 rings (SSSR count). The van der Waals surface area contributed by atoms with Gasteiger partial charge in [-0.2, -0.15) is 0 Å². The zero-order valence-corrected chi connectivity index (χ0v) is 17.3. The van der Waals surface area contributed by atoms with Gasteiger partial charge < -0.3 is 14.8 Å². The van der Waals surface area contributed by atoms with Crippen LogP contribution in [0.2, 0.25) is 0 Å². The van der Waals surface area contributed by atoms with Crippen LogP contribution in [-0.4, -0.2) is 43.0 Å². The van der Waals surface area contributed by atoms with Crippen molar-refractivity contribution >= 4 is 17.3 Å². The van der Waals surface area contributed by atoms with E-state index in [1.165, 1.54) is 19.2 Å². The summed E-state index contributed by atoms with van der Waals surface area (Å²) < 4.78 is 10.3. The number of nitro benzene ring substituents is 1. The van der Waals surface area contributed by atoms with Gasteiger partial charge in [-0.15, -0.1) is 0 Å². The molecule has 1 saturated heterocycles. The van der Waals surface area contributed by atoms with Crippen LogP contribution in [0.5, 0.6) is 11.5 Å². The molecule has 0 aliphatic carbocycles. The fraction of sp³-hybridized carbons (Fsp3) is 0.409. The SMILES string of the molecule is COc1ccc([C@@H]2CCCCCN2CC(=O)Nc2ccc(OC)cc2[N+](=O)[O-])cc1. The van der Waals surface area contributed by atoms with E-state index < -0.39 is 4.92 Å². The number of amides is 1. The lowest BCUT2D eigenvalue weighted by Crippen LogP contribution is -2.36. The Balaban J connectivity index is 1.75. The predicted molar refractivity (Wildman–Crippen MR) is 114 cm³/mol. The molecule has 0 saturated carbocycles. The molecule has 0 radical (unpaired) electrons. The summed E-state index contributed by atoms with van der Waals surface area (Å²) >= 11 is 0. The van der Waals surface area contributed by atoms with Crippen LogP contribution in [0.25, 0.3) is 0 Å². The van der Waals surface area contributed by atoms with Crippen molar-refractivity contribution < 1.29 is 19.2 Å². The van der Waals surface area contributed by atoms with Gasteiger partial charge in [-0.1, -0.05) is 25.0 Å². The predicted octanol–water partition coefficient (Wildman–Crippen LogP) is 4.17. The molecule has 8 heteroatoms. The Labute approximate surface area is 175 Å². The number of carbonyl (C=O) groups is 1. The van der Waals surface area contributed by atoms with Gasteiger partial charge in [-0.3, -0.25) is 19.8 Å².